The van der Waals surface area contributed by atoms with Crippen molar-refractivity contribution in [1.82, 2.24) is 4.98 Å². The van der Waals surface area contributed by atoms with Crippen LogP contribution in [0.25, 0.3) is 0 Å². The molecule has 2 rings (SSSR count). The van der Waals surface area contributed by atoms with E-state index in [-0.39, 0.29) is 5.91 Å². The van der Waals surface area contributed by atoms with Crippen LogP contribution >= 0.6 is 0 Å². The van der Waals surface area contributed by atoms with E-state index in [1.165, 1.54) is 0 Å². The van der Waals surface area contributed by atoms with E-state index in [0.29, 0.717) is 5.69 Å². The van der Waals surface area contributed by atoms with E-state index in [1.54, 1.807) is 12.3 Å². The average Bonchev–Trinajstić information content (AvgIpc) is 2.51. The molecule has 1 aromatic carbocycles. The summed E-state index contributed by atoms with van der Waals surface area (Å²) in [5.74, 6) is -0.183. The lowest BCUT2D eigenvalue weighted by Gasteiger charge is -2.18. The van der Waals surface area contributed by atoms with Crippen LogP contribution in [0.5, 0.6) is 0 Å². The van der Waals surface area contributed by atoms with Crippen LogP contribution in [0.15, 0.2) is 36.5 Å². The molecule has 0 aliphatic rings. The molecule has 0 saturated carbocycles. The lowest BCUT2D eigenvalue weighted by atomic mass is 10.1. The van der Waals surface area contributed by atoms with Crippen LogP contribution in [0.3, 0.4) is 0 Å². The summed E-state index contributed by atoms with van der Waals surface area (Å²) >= 11 is 0. The number of carbonyl (C=O) groups excluding carboxylic acids is 1. The van der Waals surface area contributed by atoms with E-state index in [1.807, 2.05) is 39.1 Å². The summed E-state index contributed by atoms with van der Waals surface area (Å²) in [7, 11) is 2.04. The molecular formula is C19H25N3O. The number of pyridine rings is 1. The standard InChI is InChI=1S/C19H25N3O/c1-5-6-9-22(4)17-7-8-18(20-13-17)19(23)21-16-11-14(2)10-15(3)12-16/h7-8,10-13H,5-6,9H2,1-4H3,(H,21,23). The number of aryl methyl sites for hydroxylation is 2. The van der Waals surface area contributed by atoms with Crippen LogP contribution < -0.4 is 10.2 Å². The zero-order valence-corrected chi connectivity index (χ0v) is 14.4. The SMILES string of the molecule is CCCCN(C)c1ccc(C(=O)Nc2cc(C)cc(C)c2)nc1. The number of hydrogen-bond donors (Lipinski definition) is 1. The zero-order valence-electron chi connectivity index (χ0n) is 14.4. The number of benzene rings is 1. The van der Waals surface area contributed by atoms with Gasteiger partial charge in [-0.1, -0.05) is 19.4 Å². The van der Waals surface area contributed by atoms with Crippen LogP contribution in [0, 0.1) is 13.8 Å². The Kier molecular flexibility index (Phi) is 5.74. The van der Waals surface area contributed by atoms with E-state index in [9.17, 15) is 4.79 Å². The fourth-order valence-corrected chi connectivity index (χ4v) is 2.51. The molecule has 122 valence electrons. The molecule has 4 nitrogen and oxygen atoms in total. The van der Waals surface area contributed by atoms with Gasteiger partial charge in [0.15, 0.2) is 0 Å². The van der Waals surface area contributed by atoms with Crippen molar-refractivity contribution in [2.75, 3.05) is 23.8 Å². The van der Waals surface area contributed by atoms with Gasteiger partial charge in [-0.05, 0) is 55.7 Å². The summed E-state index contributed by atoms with van der Waals surface area (Å²) in [4.78, 5) is 18.8. The van der Waals surface area contributed by atoms with Crippen molar-refractivity contribution in [3.05, 3.63) is 53.3 Å². The lowest BCUT2D eigenvalue weighted by molar-refractivity contribution is 0.102. The first-order chi connectivity index (χ1) is 11.0. The van der Waals surface area contributed by atoms with Crippen molar-refractivity contribution >= 4 is 17.3 Å². The Balaban J connectivity index is 2.05. The quantitative estimate of drug-likeness (QED) is 0.870. The second-order valence-electron chi connectivity index (χ2n) is 6.01. The second kappa shape index (κ2) is 7.77. The normalized spacial score (nSPS) is 10.4. The largest absolute Gasteiger partial charge is 0.373 e. The molecule has 0 unspecified atom stereocenters. The van der Waals surface area contributed by atoms with Crippen molar-refractivity contribution in [1.29, 1.82) is 0 Å². The predicted octanol–water partition coefficient (Wildman–Crippen LogP) is 4.19. The minimum absolute atomic E-state index is 0.183. The zero-order chi connectivity index (χ0) is 16.8. The van der Waals surface area contributed by atoms with Crippen LogP contribution in [-0.2, 0) is 0 Å². The summed E-state index contributed by atoms with van der Waals surface area (Å²) in [6.45, 7) is 7.20. The lowest BCUT2D eigenvalue weighted by Crippen LogP contribution is -2.19. The molecule has 4 heteroatoms. The summed E-state index contributed by atoms with van der Waals surface area (Å²) < 4.78 is 0. The van der Waals surface area contributed by atoms with Crippen molar-refractivity contribution in [2.24, 2.45) is 0 Å². The number of amides is 1. The molecule has 0 fully saturated rings. The number of nitrogens with one attached hydrogen (secondary N) is 1. The number of hydrogen-bond acceptors (Lipinski definition) is 3. The van der Waals surface area contributed by atoms with Crippen molar-refractivity contribution in [3.63, 3.8) is 0 Å². The molecule has 23 heavy (non-hydrogen) atoms. The van der Waals surface area contributed by atoms with Gasteiger partial charge in [0.25, 0.3) is 5.91 Å². The maximum Gasteiger partial charge on any atom is 0.274 e. The van der Waals surface area contributed by atoms with Gasteiger partial charge in [0.2, 0.25) is 0 Å². The molecule has 0 atom stereocenters. The van der Waals surface area contributed by atoms with Gasteiger partial charge in [-0.3, -0.25) is 4.79 Å². The maximum absolute atomic E-state index is 12.3. The highest BCUT2D eigenvalue weighted by Crippen LogP contribution is 2.16. The Morgan fingerprint density at radius 1 is 1.17 bits per heavy atom. The van der Waals surface area contributed by atoms with E-state index < -0.39 is 0 Å². The topological polar surface area (TPSA) is 45.2 Å². The van der Waals surface area contributed by atoms with Crippen molar-refractivity contribution in [3.8, 4) is 0 Å². The molecule has 0 radical (unpaired) electrons. The summed E-state index contributed by atoms with van der Waals surface area (Å²) in [5, 5.41) is 2.91. The molecule has 1 amide bonds. The Morgan fingerprint density at radius 2 is 1.87 bits per heavy atom. The Morgan fingerprint density at radius 3 is 2.43 bits per heavy atom. The Hall–Kier alpha value is -2.36. The summed E-state index contributed by atoms with van der Waals surface area (Å²) in [6, 6.07) is 9.71. The minimum atomic E-state index is -0.183. The van der Waals surface area contributed by atoms with E-state index >= 15 is 0 Å². The monoisotopic (exact) mass is 311 g/mol. The highest BCUT2D eigenvalue weighted by atomic mass is 16.1. The number of rotatable bonds is 6. The predicted molar refractivity (Wildman–Crippen MR) is 96.3 cm³/mol. The summed E-state index contributed by atoms with van der Waals surface area (Å²) in [6.07, 6.45) is 4.06. The van der Waals surface area contributed by atoms with Gasteiger partial charge in [-0.15, -0.1) is 0 Å². The molecule has 1 heterocycles. The first-order valence-electron chi connectivity index (χ1n) is 8.06. The van der Waals surface area contributed by atoms with Crippen LogP contribution in [-0.4, -0.2) is 24.5 Å². The van der Waals surface area contributed by atoms with Gasteiger partial charge in [-0.25, -0.2) is 4.98 Å². The molecule has 0 aliphatic carbocycles. The third-order valence-electron chi connectivity index (χ3n) is 3.75. The number of unbranched alkanes of at least 4 members (excludes halogenated alkanes) is 1. The van der Waals surface area contributed by atoms with Gasteiger partial charge < -0.3 is 10.2 Å². The third-order valence-corrected chi connectivity index (χ3v) is 3.75. The number of nitrogens with zero attached hydrogens (tertiary/aromatic N) is 2. The van der Waals surface area contributed by atoms with E-state index in [2.05, 4.69) is 28.2 Å². The number of aromatic nitrogens is 1. The minimum Gasteiger partial charge on any atom is -0.373 e. The Labute approximate surface area is 138 Å². The van der Waals surface area contributed by atoms with E-state index in [0.717, 1.165) is 41.9 Å². The van der Waals surface area contributed by atoms with Crippen LogP contribution in [0.2, 0.25) is 0 Å². The average molecular weight is 311 g/mol. The van der Waals surface area contributed by atoms with E-state index in [4.69, 9.17) is 0 Å². The fourth-order valence-electron chi connectivity index (χ4n) is 2.51. The molecule has 0 spiro atoms. The third kappa shape index (κ3) is 4.81. The smallest absolute Gasteiger partial charge is 0.274 e. The molecule has 2 aromatic rings. The molecular weight excluding hydrogens is 286 g/mol. The Bertz CT molecular complexity index is 645. The van der Waals surface area contributed by atoms with Gasteiger partial charge in [0, 0.05) is 19.3 Å². The second-order valence-corrected chi connectivity index (χ2v) is 6.01. The number of anilines is 2. The first-order valence-corrected chi connectivity index (χ1v) is 8.06. The molecule has 0 aliphatic heterocycles. The van der Waals surface area contributed by atoms with Crippen molar-refractivity contribution in [2.45, 2.75) is 33.6 Å². The van der Waals surface area contributed by atoms with Crippen LogP contribution in [0.4, 0.5) is 11.4 Å². The van der Waals surface area contributed by atoms with Crippen molar-refractivity contribution < 1.29 is 4.79 Å². The summed E-state index contributed by atoms with van der Waals surface area (Å²) in [5.41, 5.74) is 4.51. The highest BCUT2D eigenvalue weighted by molar-refractivity contribution is 6.03. The molecule has 0 bridgehead atoms. The maximum atomic E-state index is 12.3. The van der Waals surface area contributed by atoms with Crippen LogP contribution in [0.1, 0.15) is 41.4 Å². The van der Waals surface area contributed by atoms with Gasteiger partial charge in [0.05, 0.1) is 11.9 Å². The first kappa shape index (κ1) is 17.0. The number of carbonyl (C=O) groups is 1. The van der Waals surface area contributed by atoms with Gasteiger partial charge in [-0.2, -0.15) is 0 Å². The van der Waals surface area contributed by atoms with Gasteiger partial charge >= 0.3 is 0 Å². The van der Waals surface area contributed by atoms with Gasteiger partial charge in [0.1, 0.15) is 5.69 Å². The molecule has 1 N–H and O–H groups in total. The highest BCUT2D eigenvalue weighted by Gasteiger charge is 2.09. The molecule has 1 aromatic heterocycles. The molecule has 0 saturated heterocycles. The fraction of sp³-hybridized carbons (Fsp3) is 0.368.